The highest BCUT2D eigenvalue weighted by Gasteiger charge is 2.29. The molecule has 0 saturated carbocycles. The zero-order valence-corrected chi connectivity index (χ0v) is 12.5. The third kappa shape index (κ3) is 5.08. The van der Waals surface area contributed by atoms with Crippen molar-refractivity contribution in [2.24, 2.45) is 0 Å². The van der Waals surface area contributed by atoms with Crippen LogP contribution >= 0.6 is 0 Å². The molecule has 1 aromatic rings. The second-order valence-corrected chi connectivity index (χ2v) is 6.58. The predicted molar refractivity (Wildman–Crippen MR) is 76.6 cm³/mol. The van der Waals surface area contributed by atoms with Crippen molar-refractivity contribution >= 4 is 15.8 Å². The first-order valence-corrected chi connectivity index (χ1v) is 7.92. The van der Waals surface area contributed by atoms with Crippen LogP contribution in [0.25, 0.3) is 0 Å². The maximum absolute atomic E-state index is 9.19. The molecule has 0 amide bonds. The number of hydrogen-bond donors (Lipinski definition) is 2. The van der Waals surface area contributed by atoms with Gasteiger partial charge in [0.15, 0.2) is 0 Å². The van der Waals surface area contributed by atoms with Gasteiger partial charge in [-0.05, 0) is 18.6 Å². The normalized spacial score (nSPS) is 15.8. The highest BCUT2D eigenvalue weighted by molar-refractivity contribution is 7.85. The van der Waals surface area contributed by atoms with Gasteiger partial charge < -0.3 is 10.1 Å². The van der Waals surface area contributed by atoms with Crippen molar-refractivity contribution in [1.29, 1.82) is 0 Å². The average Bonchev–Trinajstić information content (AvgIpc) is 2.53. The lowest BCUT2D eigenvalue weighted by Gasteiger charge is -2.16. The lowest BCUT2D eigenvalue weighted by molar-refractivity contribution is 0.340. The summed E-state index contributed by atoms with van der Waals surface area (Å²) in [6, 6.07) is 6.31. The van der Waals surface area contributed by atoms with Crippen molar-refractivity contribution in [2.45, 2.75) is 26.2 Å². The molecule has 5 nitrogen and oxygen atoms in total. The fourth-order valence-electron chi connectivity index (χ4n) is 1.93. The maximum Gasteiger partial charge on any atom is 0.261 e. The Balaban J connectivity index is 0.000000312. The number of nitrogens with one attached hydrogen (secondary N) is 1. The number of benzene rings is 1. The summed E-state index contributed by atoms with van der Waals surface area (Å²) in [5.41, 5.74) is 2.86. The summed E-state index contributed by atoms with van der Waals surface area (Å²) >= 11 is 0. The molecule has 6 heteroatoms. The Morgan fingerprint density at radius 2 is 2.00 bits per heavy atom. The standard InChI is InChI=1S/C12H17NO.CH4O3S/c1-4-14-9-5-6-10-11(7-9)13-8-12(10,2)3;1-5(2,3)4/h5-7,13H,4,8H2,1-3H3;1H3,(H,2,3,4). The van der Waals surface area contributed by atoms with Gasteiger partial charge >= 0.3 is 0 Å². The Kier molecular flexibility index (Phi) is 4.81. The SMILES string of the molecule is CCOc1ccc2c(c1)NCC2(C)C.CS(=O)(=O)O. The molecule has 0 aliphatic carbocycles. The molecule has 0 fully saturated rings. The van der Waals surface area contributed by atoms with Gasteiger partial charge in [-0.3, -0.25) is 4.55 Å². The minimum atomic E-state index is -3.67. The molecule has 0 unspecified atom stereocenters. The molecule has 1 heterocycles. The van der Waals surface area contributed by atoms with Crippen LogP contribution in [0.1, 0.15) is 26.3 Å². The molecule has 108 valence electrons. The van der Waals surface area contributed by atoms with Crippen LogP contribution < -0.4 is 10.1 Å². The zero-order valence-electron chi connectivity index (χ0n) is 11.7. The van der Waals surface area contributed by atoms with Crippen molar-refractivity contribution in [3.8, 4) is 5.75 Å². The summed E-state index contributed by atoms with van der Waals surface area (Å²) in [7, 11) is -3.67. The number of hydrogen-bond acceptors (Lipinski definition) is 4. The van der Waals surface area contributed by atoms with Crippen LogP contribution in [0.3, 0.4) is 0 Å². The Morgan fingerprint density at radius 1 is 1.42 bits per heavy atom. The first kappa shape index (κ1) is 15.8. The molecule has 1 aliphatic heterocycles. The van der Waals surface area contributed by atoms with Gasteiger partial charge in [-0.25, -0.2) is 0 Å². The second-order valence-electron chi connectivity index (χ2n) is 5.11. The van der Waals surface area contributed by atoms with Gasteiger partial charge in [-0.1, -0.05) is 19.9 Å². The number of ether oxygens (including phenoxy) is 1. The van der Waals surface area contributed by atoms with E-state index in [1.807, 2.05) is 6.92 Å². The summed E-state index contributed by atoms with van der Waals surface area (Å²) in [4.78, 5) is 0. The first-order chi connectivity index (χ1) is 8.63. The molecular formula is C13H21NO4S. The Hall–Kier alpha value is -1.27. The lowest BCUT2D eigenvalue weighted by atomic mass is 9.87. The highest BCUT2D eigenvalue weighted by atomic mass is 32.2. The first-order valence-electron chi connectivity index (χ1n) is 6.07. The highest BCUT2D eigenvalue weighted by Crippen LogP contribution is 2.37. The van der Waals surface area contributed by atoms with Gasteiger partial charge in [0.2, 0.25) is 0 Å². The monoisotopic (exact) mass is 287 g/mol. The van der Waals surface area contributed by atoms with E-state index in [4.69, 9.17) is 9.29 Å². The molecule has 2 rings (SSSR count). The zero-order chi connectivity index (χ0) is 14.7. The van der Waals surface area contributed by atoms with Crippen LogP contribution in [0.5, 0.6) is 5.75 Å². The molecule has 1 aliphatic rings. The molecule has 2 N–H and O–H groups in total. The quantitative estimate of drug-likeness (QED) is 0.816. The van der Waals surface area contributed by atoms with Crippen LogP contribution in [0.2, 0.25) is 0 Å². The molecule has 0 radical (unpaired) electrons. The fourth-order valence-corrected chi connectivity index (χ4v) is 1.93. The molecule has 0 bridgehead atoms. The van der Waals surface area contributed by atoms with E-state index in [0.29, 0.717) is 6.26 Å². The summed E-state index contributed by atoms with van der Waals surface area (Å²) in [5, 5.41) is 3.41. The summed E-state index contributed by atoms with van der Waals surface area (Å²) in [6.07, 6.45) is 0.715. The molecular weight excluding hydrogens is 266 g/mol. The minimum absolute atomic E-state index is 0.250. The van der Waals surface area contributed by atoms with Gasteiger partial charge in [-0.15, -0.1) is 0 Å². The number of rotatable bonds is 2. The van der Waals surface area contributed by atoms with Crippen molar-refractivity contribution in [2.75, 3.05) is 24.7 Å². The summed E-state index contributed by atoms with van der Waals surface area (Å²) in [5.74, 6) is 0.955. The lowest BCUT2D eigenvalue weighted by Crippen LogP contribution is -2.18. The van der Waals surface area contributed by atoms with Gasteiger partial charge in [0.05, 0.1) is 12.9 Å². The molecule has 0 atom stereocenters. The van der Waals surface area contributed by atoms with Crippen molar-refractivity contribution in [1.82, 2.24) is 0 Å². The van der Waals surface area contributed by atoms with Gasteiger partial charge in [0, 0.05) is 23.7 Å². The Morgan fingerprint density at radius 3 is 2.53 bits per heavy atom. The predicted octanol–water partition coefficient (Wildman–Crippen LogP) is 2.29. The van der Waals surface area contributed by atoms with E-state index >= 15 is 0 Å². The fraction of sp³-hybridized carbons (Fsp3) is 0.538. The molecule has 0 spiro atoms. The summed E-state index contributed by atoms with van der Waals surface area (Å²) < 4.78 is 31.3. The van der Waals surface area contributed by atoms with E-state index in [9.17, 15) is 8.42 Å². The van der Waals surface area contributed by atoms with Gasteiger partial charge in [-0.2, -0.15) is 8.42 Å². The van der Waals surface area contributed by atoms with Crippen LogP contribution in [0.15, 0.2) is 18.2 Å². The third-order valence-electron chi connectivity index (χ3n) is 2.75. The molecule has 1 aromatic carbocycles. The molecule has 0 saturated heterocycles. The van der Waals surface area contributed by atoms with E-state index in [1.165, 1.54) is 11.3 Å². The van der Waals surface area contributed by atoms with E-state index < -0.39 is 10.1 Å². The van der Waals surface area contributed by atoms with Crippen molar-refractivity contribution in [3.63, 3.8) is 0 Å². The smallest absolute Gasteiger partial charge is 0.261 e. The number of fused-ring (bicyclic) bond motifs is 1. The topological polar surface area (TPSA) is 75.6 Å². The second kappa shape index (κ2) is 5.79. The third-order valence-corrected chi connectivity index (χ3v) is 2.75. The van der Waals surface area contributed by atoms with Crippen molar-refractivity contribution in [3.05, 3.63) is 23.8 Å². The summed E-state index contributed by atoms with van der Waals surface area (Å²) in [6.45, 7) is 8.25. The minimum Gasteiger partial charge on any atom is -0.494 e. The maximum atomic E-state index is 9.19. The van der Waals surface area contributed by atoms with Crippen LogP contribution in [-0.4, -0.2) is 32.4 Å². The Bertz CT molecular complexity index is 530. The average molecular weight is 287 g/mol. The van der Waals surface area contributed by atoms with Crippen LogP contribution in [0.4, 0.5) is 5.69 Å². The Labute approximate surface area is 114 Å². The molecule has 0 aromatic heterocycles. The van der Waals surface area contributed by atoms with E-state index in [2.05, 4.69) is 37.4 Å². The van der Waals surface area contributed by atoms with Crippen LogP contribution in [0, 0.1) is 0 Å². The van der Waals surface area contributed by atoms with Gasteiger partial charge in [0.1, 0.15) is 5.75 Å². The molecule has 19 heavy (non-hydrogen) atoms. The van der Waals surface area contributed by atoms with E-state index in [-0.39, 0.29) is 5.41 Å². The largest absolute Gasteiger partial charge is 0.494 e. The van der Waals surface area contributed by atoms with E-state index in [1.54, 1.807) is 0 Å². The van der Waals surface area contributed by atoms with E-state index in [0.717, 1.165) is 18.9 Å². The number of anilines is 1. The van der Waals surface area contributed by atoms with Crippen LogP contribution in [-0.2, 0) is 15.5 Å². The van der Waals surface area contributed by atoms with Crippen molar-refractivity contribution < 1.29 is 17.7 Å². The van der Waals surface area contributed by atoms with Gasteiger partial charge in [0.25, 0.3) is 10.1 Å².